The Morgan fingerprint density at radius 1 is 1.69 bits per heavy atom. The number of ether oxygens (including phenoxy) is 1. The first-order valence-electron chi connectivity index (χ1n) is 4.10. The zero-order valence-corrected chi connectivity index (χ0v) is 9.78. The summed E-state index contributed by atoms with van der Waals surface area (Å²) in [4.78, 5) is 11.1. The molecular weight excluding hydrogens is 283 g/mol. The van der Waals surface area contributed by atoms with Crippen molar-refractivity contribution < 1.29 is 19.1 Å². The molecule has 0 radical (unpaired) electrons. The van der Waals surface area contributed by atoms with Gasteiger partial charge in [0.1, 0.15) is 6.21 Å². The molecule has 1 amide bonds. The molecule has 2 N–H and O–H groups in total. The van der Waals surface area contributed by atoms with Crippen molar-refractivity contribution in [2.75, 3.05) is 12.4 Å². The van der Waals surface area contributed by atoms with Gasteiger partial charge in [0.2, 0.25) is 0 Å². The van der Waals surface area contributed by atoms with Crippen molar-refractivity contribution in [2.24, 2.45) is 5.16 Å². The fourth-order valence-electron chi connectivity index (χ4n) is 0.999. The van der Waals surface area contributed by atoms with E-state index in [2.05, 4.69) is 26.4 Å². The van der Waals surface area contributed by atoms with E-state index in [0.717, 1.165) is 6.07 Å². The summed E-state index contributed by atoms with van der Waals surface area (Å²) in [6.07, 6.45) is 0.683. The molecule has 0 aliphatic carbocycles. The summed E-state index contributed by atoms with van der Waals surface area (Å²) in [7, 11) is 1.31. The third kappa shape index (κ3) is 2.93. The Morgan fingerprint density at radius 3 is 2.94 bits per heavy atom. The number of methoxy groups -OCH3 is 1. The van der Waals surface area contributed by atoms with Crippen molar-refractivity contribution in [3.05, 3.63) is 22.4 Å². The number of amides is 1. The molecular formula is C9H8BrFN2O3. The van der Waals surface area contributed by atoms with E-state index >= 15 is 0 Å². The molecule has 86 valence electrons. The minimum atomic E-state index is -0.642. The van der Waals surface area contributed by atoms with Crippen molar-refractivity contribution in [3.8, 4) is 5.75 Å². The number of hydrogen-bond acceptors (Lipinski definition) is 4. The van der Waals surface area contributed by atoms with Gasteiger partial charge in [-0.25, -0.2) is 4.39 Å². The predicted molar refractivity (Wildman–Crippen MR) is 59.6 cm³/mol. The van der Waals surface area contributed by atoms with Gasteiger partial charge in [0, 0.05) is 10.5 Å². The van der Waals surface area contributed by atoms with Gasteiger partial charge in [-0.3, -0.25) is 4.79 Å². The summed E-state index contributed by atoms with van der Waals surface area (Å²) in [5, 5.41) is 13.1. The fourth-order valence-corrected chi connectivity index (χ4v) is 1.41. The molecule has 1 rings (SSSR count). The normalized spacial score (nSPS) is 10.4. The van der Waals surface area contributed by atoms with Crippen LogP contribution < -0.4 is 10.1 Å². The Kier molecular flexibility index (Phi) is 4.24. The molecule has 0 spiro atoms. The van der Waals surface area contributed by atoms with Crippen LogP contribution in [0.4, 0.5) is 10.1 Å². The van der Waals surface area contributed by atoms with Crippen molar-refractivity contribution in [3.63, 3.8) is 0 Å². The van der Waals surface area contributed by atoms with E-state index in [4.69, 9.17) is 9.94 Å². The van der Waals surface area contributed by atoms with Gasteiger partial charge in [0.15, 0.2) is 11.6 Å². The number of rotatable bonds is 3. The van der Waals surface area contributed by atoms with Crippen LogP contribution in [0.2, 0.25) is 0 Å². The second kappa shape index (κ2) is 5.45. The number of nitrogens with one attached hydrogen (secondary N) is 1. The van der Waals surface area contributed by atoms with Crippen LogP contribution in [0.25, 0.3) is 0 Å². The Bertz CT molecular complexity index is 437. The number of oxime groups is 1. The number of hydrogen-bond donors (Lipinski definition) is 2. The van der Waals surface area contributed by atoms with Crippen LogP contribution in [-0.2, 0) is 4.79 Å². The smallest absolute Gasteiger partial charge is 0.270 e. The first-order valence-corrected chi connectivity index (χ1v) is 4.89. The largest absolute Gasteiger partial charge is 0.494 e. The summed E-state index contributed by atoms with van der Waals surface area (Å²) < 4.78 is 18.3. The molecule has 1 aromatic carbocycles. The van der Waals surface area contributed by atoms with E-state index < -0.39 is 11.7 Å². The summed E-state index contributed by atoms with van der Waals surface area (Å²) in [6, 6.07) is 2.47. The first kappa shape index (κ1) is 12.4. The van der Waals surface area contributed by atoms with Crippen LogP contribution in [-0.4, -0.2) is 24.4 Å². The van der Waals surface area contributed by atoms with Crippen LogP contribution in [0, 0.1) is 5.82 Å². The Hall–Kier alpha value is -1.63. The maximum absolute atomic E-state index is 13.2. The molecule has 0 aliphatic rings. The SMILES string of the molecule is COc1cc(NC(=O)C=NO)c(Br)cc1F. The summed E-state index contributed by atoms with van der Waals surface area (Å²) >= 11 is 3.07. The topological polar surface area (TPSA) is 70.9 Å². The van der Waals surface area contributed by atoms with E-state index in [9.17, 15) is 9.18 Å². The maximum Gasteiger partial charge on any atom is 0.270 e. The zero-order chi connectivity index (χ0) is 12.1. The van der Waals surface area contributed by atoms with Crippen LogP contribution in [0.15, 0.2) is 21.8 Å². The quantitative estimate of drug-likeness (QED) is 0.508. The zero-order valence-electron chi connectivity index (χ0n) is 8.20. The van der Waals surface area contributed by atoms with Crippen molar-refractivity contribution >= 4 is 33.7 Å². The molecule has 0 aliphatic heterocycles. The van der Waals surface area contributed by atoms with Gasteiger partial charge in [-0.05, 0) is 22.0 Å². The molecule has 7 heteroatoms. The highest BCUT2D eigenvalue weighted by Crippen LogP contribution is 2.29. The number of benzene rings is 1. The van der Waals surface area contributed by atoms with Gasteiger partial charge in [0.05, 0.1) is 12.8 Å². The van der Waals surface area contributed by atoms with Gasteiger partial charge in [0.25, 0.3) is 5.91 Å². The third-order valence-corrected chi connectivity index (χ3v) is 2.33. The highest BCUT2D eigenvalue weighted by atomic mass is 79.9. The van der Waals surface area contributed by atoms with Gasteiger partial charge < -0.3 is 15.3 Å². The Labute approximate surface area is 99.0 Å². The number of carbonyl (C=O) groups is 1. The van der Waals surface area contributed by atoms with Gasteiger partial charge in [-0.1, -0.05) is 5.16 Å². The Balaban J connectivity index is 3.00. The van der Waals surface area contributed by atoms with Gasteiger partial charge >= 0.3 is 0 Å². The van der Waals surface area contributed by atoms with E-state index in [1.54, 1.807) is 0 Å². The van der Waals surface area contributed by atoms with Crippen LogP contribution >= 0.6 is 15.9 Å². The Morgan fingerprint density at radius 2 is 2.38 bits per heavy atom. The fraction of sp³-hybridized carbons (Fsp3) is 0.111. The molecule has 0 atom stereocenters. The van der Waals surface area contributed by atoms with Crippen LogP contribution in [0.1, 0.15) is 0 Å². The summed E-state index contributed by atoms with van der Waals surface area (Å²) in [6.45, 7) is 0. The van der Waals surface area contributed by atoms with Crippen LogP contribution in [0.5, 0.6) is 5.75 Å². The van der Waals surface area contributed by atoms with E-state index in [1.807, 2.05) is 0 Å². The van der Waals surface area contributed by atoms with Gasteiger partial charge in [-0.15, -0.1) is 0 Å². The summed E-state index contributed by atoms with van der Waals surface area (Å²) in [5.41, 5.74) is 0.308. The summed E-state index contributed by atoms with van der Waals surface area (Å²) in [5.74, 6) is -1.19. The maximum atomic E-state index is 13.2. The lowest BCUT2D eigenvalue weighted by molar-refractivity contribution is -0.110. The molecule has 0 saturated heterocycles. The van der Waals surface area contributed by atoms with Crippen molar-refractivity contribution in [1.29, 1.82) is 0 Å². The van der Waals surface area contributed by atoms with Crippen LogP contribution in [0.3, 0.4) is 0 Å². The number of anilines is 1. The van der Waals surface area contributed by atoms with E-state index in [0.29, 0.717) is 16.4 Å². The monoisotopic (exact) mass is 290 g/mol. The first-order chi connectivity index (χ1) is 7.58. The number of halogens is 2. The second-order valence-corrected chi connectivity index (χ2v) is 3.55. The minimum Gasteiger partial charge on any atom is -0.494 e. The number of nitrogens with zero attached hydrogens (tertiary/aromatic N) is 1. The predicted octanol–water partition coefficient (Wildman–Crippen LogP) is 2.00. The highest BCUT2D eigenvalue weighted by Gasteiger charge is 2.10. The molecule has 1 aromatic rings. The molecule has 16 heavy (non-hydrogen) atoms. The molecule has 5 nitrogen and oxygen atoms in total. The average Bonchev–Trinajstić information content (AvgIpc) is 2.22. The van der Waals surface area contributed by atoms with Crippen molar-refractivity contribution in [1.82, 2.24) is 0 Å². The molecule has 0 unspecified atom stereocenters. The molecule has 0 fully saturated rings. The lowest BCUT2D eigenvalue weighted by Gasteiger charge is -2.08. The van der Waals surface area contributed by atoms with Gasteiger partial charge in [-0.2, -0.15) is 0 Å². The second-order valence-electron chi connectivity index (χ2n) is 2.70. The lowest BCUT2D eigenvalue weighted by Crippen LogP contribution is -2.13. The van der Waals surface area contributed by atoms with Crippen molar-refractivity contribution in [2.45, 2.75) is 0 Å². The minimum absolute atomic E-state index is 0.000521. The van der Waals surface area contributed by atoms with E-state index in [-0.39, 0.29) is 5.75 Å². The number of carbonyl (C=O) groups excluding carboxylic acids is 1. The lowest BCUT2D eigenvalue weighted by atomic mass is 10.3. The average molecular weight is 291 g/mol. The van der Waals surface area contributed by atoms with E-state index in [1.165, 1.54) is 13.2 Å². The highest BCUT2D eigenvalue weighted by molar-refractivity contribution is 9.10. The third-order valence-electron chi connectivity index (χ3n) is 1.67. The molecule has 0 bridgehead atoms. The molecule has 0 heterocycles. The molecule has 0 aromatic heterocycles. The standard InChI is InChI=1S/C9H8BrFN2O3/c1-16-8-3-7(5(10)2-6(8)11)13-9(14)4-12-15/h2-4,15H,1H3,(H,13,14). The molecule has 0 saturated carbocycles.